The Hall–Kier alpha value is 0.250. The minimum absolute atomic E-state index is 0.153. The van der Waals surface area contributed by atoms with Crippen LogP contribution >= 0.6 is 11.6 Å². The Labute approximate surface area is 152 Å². The van der Waals surface area contributed by atoms with Crippen LogP contribution in [0.4, 0.5) is 0 Å². The van der Waals surface area contributed by atoms with E-state index in [9.17, 15) is 0 Å². The Kier molecular flexibility index (Phi) is 15.9. The lowest BCUT2D eigenvalue weighted by molar-refractivity contribution is 0.388. The summed E-state index contributed by atoms with van der Waals surface area (Å²) in [5.74, 6) is 0.849. The number of alkyl halides is 1. The molecule has 0 aliphatic heterocycles. The molecule has 0 saturated heterocycles. The molecular formula is C21H44ClN. The number of hydrogen-bond acceptors (Lipinski definition) is 1. The maximum atomic E-state index is 6.76. The fourth-order valence-corrected chi connectivity index (χ4v) is 3.49. The molecule has 0 aliphatic rings. The largest absolute Gasteiger partial charge is 0.302 e. The van der Waals surface area contributed by atoms with Crippen molar-refractivity contribution in [2.24, 2.45) is 5.92 Å². The summed E-state index contributed by atoms with van der Waals surface area (Å²) in [7, 11) is 2.02. The van der Waals surface area contributed by atoms with Crippen molar-refractivity contribution in [3.8, 4) is 0 Å². The molecule has 0 radical (unpaired) electrons. The number of nitrogens with one attached hydrogen (secondary N) is 1. The smallest absolute Gasteiger partial charge is 0.0933 e. The van der Waals surface area contributed by atoms with Gasteiger partial charge in [0.15, 0.2) is 0 Å². The minimum atomic E-state index is -0.153. The van der Waals surface area contributed by atoms with Gasteiger partial charge in [0.2, 0.25) is 0 Å². The summed E-state index contributed by atoms with van der Waals surface area (Å²) in [5, 5.41) is 3.37. The lowest BCUT2D eigenvalue weighted by Gasteiger charge is -2.26. The summed E-state index contributed by atoms with van der Waals surface area (Å²) >= 11 is 6.76. The number of hydrogen-bond donors (Lipinski definition) is 1. The zero-order valence-corrected chi connectivity index (χ0v) is 17.3. The molecular weight excluding hydrogens is 302 g/mol. The van der Waals surface area contributed by atoms with Crippen LogP contribution < -0.4 is 5.32 Å². The van der Waals surface area contributed by atoms with Crippen molar-refractivity contribution in [2.45, 2.75) is 122 Å². The second-order valence-electron chi connectivity index (χ2n) is 7.79. The average Bonchev–Trinajstić information content (AvgIpc) is 2.53. The van der Waals surface area contributed by atoms with Gasteiger partial charge in [-0.3, -0.25) is 0 Å². The van der Waals surface area contributed by atoms with Crippen molar-refractivity contribution in [1.29, 1.82) is 0 Å². The van der Waals surface area contributed by atoms with E-state index in [1.54, 1.807) is 0 Å². The first kappa shape index (κ1) is 23.2. The molecule has 0 fully saturated rings. The maximum absolute atomic E-state index is 6.76. The maximum Gasteiger partial charge on any atom is 0.0933 e. The van der Waals surface area contributed by atoms with Crippen LogP contribution in [0.3, 0.4) is 0 Å². The normalized spacial score (nSPS) is 14.3. The van der Waals surface area contributed by atoms with E-state index in [1.165, 1.54) is 83.5 Å². The van der Waals surface area contributed by atoms with Gasteiger partial charge in [0.1, 0.15) is 0 Å². The molecule has 2 heteroatoms. The van der Waals surface area contributed by atoms with Gasteiger partial charge in [-0.05, 0) is 25.8 Å². The van der Waals surface area contributed by atoms with Crippen LogP contribution in [0, 0.1) is 5.92 Å². The minimum Gasteiger partial charge on any atom is -0.302 e. The van der Waals surface area contributed by atoms with Gasteiger partial charge in [0.05, 0.1) is 5.00 Å². The highest BCUT2D eigenvalue weighted by Gasteiger charge is 2.23. The topological polar surface area (TPSA) is 12.0 Å². The number of halogens is 1. The quantitative estimate of drug-likeness (QED) is 0.162. The molecule has 0 aromatic carbocycles. The van der Waals surface area contributed by atoms with Crippen molar-refractivity contribution < 1.29 is 0 Å². The third-order valence-electron chi connectivity index (χ3n) is 4.98. The van der Waals surface area contributed by atoms with Crippen molar-refractivity contribution in [3.05, 3.63) is 0 Å². The first-order valence-corrected chi connectivity index (χ1v) is 10.8. The van der Waals surface area contributed by atoms with E-state index in [0.29, 0.717) is 0 Å². The predicted octanol–water partition coefficient (Wildman–Crippen LogP) is 7.67. The van der Waals surface area contributed by atoms with Crippen LogP contribution in [-0.2, 0) is 0 Å². The van der Waals surface area contributed by atoms with E-state index in [-0.39, 0.29) is 5.00 Å². The number of unbranched alkanes of at least 4 members (excludes halogenated alkanes) is 10. The summed E-state index contributed by atoms with van der Waals surface area (Å²) in [6, 6.07) is 0. The highest BCUT2D eigenvalue weighted by atomic mass is 35.5. The SMILES string of the molecule is CCCCCCCCCCC(Cl)(CCCCCCC(C)C)NC. The molecule has 0 heterocycles. The van der Waals surface area contributed by atoms with Crippen molar-refractivity contribution in [3.63, 3.8) is 0 Å². The molecule has 1 N–H and O–H groups in total. The van der Waals surface area contributed by atoms with E-state index >= 15 is 0 Å². The second-order valence-corrected chi connectivity index (χ2v) is 8.51. The van der Waals surface area contributed by atoms with E-state index in [0.717, 1.165) is 18.8 Å². The fourth-order valence-electron chi connectivity index (χ4n) is 3.23. The van der Waals surface area contributed by atoms with Gasteiger partial charge >= 0.3 is 0 Å². The Morgan fingerprint density at radius 3 is 1.61 bits per heavy atom. The predicted molar refractivity (Wildman–Crippen MR) is 107 cm³/mol. The molecule has 1 unspecified atom stereocenters. The van der Waals surface area contributed by atoms with Gasteiger partial charge in [0, 0.05) is 0 Å². The molecule has 0 aromatic rings. The van der Waals surface area contributed by atoms with E-state index in [1.807, 2.05) is 7.05 Å². The summed E-state index contributed by atoms with van der Waals surface area (Å²) < 4.78 is 0. The van der Waals surface area contributed by atoms with E-state index in [2.05, 4.69) is 26.1 Å². The third kappa shape index (κ3) is 15.5. The van der Waals surface area contributed by atoms with Crippen LogP contribution in [0.1, 0.15) is 117 Å². The molecule has 0 aliphatic carbocycles. The first-order valence-electron chi connectivity index (χ1n) is 10.4. The summed E-state index contributed by atoms with van der Waals surface area (Å²) in [6.45, 7) is 6.91. The molecule has 1 atom stereocenters. The van der Waals surface area contributed by atoms with Crippen LogP contribution in [0.25, 0.3) is 0 Å². The van der Waals surface area contributed by atoms with Gasteiger partial charge in [-0.15, -0.1) is 11.6 Å². The summed E-state index contributed by atoms with van der Waals surface area (Å²) in [4.78, 5) is -0.153. The fraction of sp³-hybridized carbons (Fsp3) is 1.00. The van der Waals surface area contributed by atoms with Crippen LogP contribution in [0.2, 0.25) is 0 Å². The average molecular weight is 346 g/mol. The van der Waals surface area contributed by atoms with Gasteiger partial charge in [-0.1, -0.05) is 104 Å². The summed E-state index contributed by atoms with van der Waals surface area (Å²) in [5.41, 5.74) is 0. The molecule has 0 rings (SSSR count). The highest BCUT2D eigenvalue weighted by Crippen LogP contribution is 2.27. The zero-order chi connectivity index (χ0) is 17.4. The second kappa shape index (κ2) is 15.8. The molecule has 0 saturated carbocycles. The van der Waals surface area contributed by atoms with Gasteiger partial charge < -0.3 is 5.32 Å². The van der Waals surface area contributed by atoms with Crippen LogP contribution in [0.5, 0.6) is 0 Å². The van der Waals surface area contributed by atoms with Gasteiger partial charge in [0.25, 0.3) is 0 Å². The summed E-state index contributed by atoms with van der Waals surface area (Å²) in [6.07, 6.45) is 19.9. The zero-order valence-electron chi connectivity index (χ0n) is 16.6. The third-order valence-corrected chi connectivity index (χ3v) is 5.55. The molecule has 23 heavy (non-hydrogen) atoms. The molecule has 140 valence electrons. The van der Waals surface area contributed by atoms with Crippen LogP contribution in [0.15, 0.2) is 0 Å². The Bertz CT molecular complexity index is 242. The van der Waals surface area contributed by atoms with Crippen molar-refractivity contribution in [1.82, 2.24) is 5.32 Å². The van der Waals surface area contributed by atoms with Gasteiger partial charge in [-0.25, -0.2) is 0 Å². The Morgan fingerprint density at radius 1 is 0.739 bits per heavy atom. The Morgan fingerprint density at radius 2 is 1.17 bits per heavy atom. The van der Waals surface area contributed by atoms with Crippen LogP contribution in [-0.4, -0.2) is 12.0 Å². The van der Waals surface area contributed by atoms with Gasteiger partial charge in [-0.2, -0.15) is 0 Å². The van der Waals surface area contributed by atoms with Crippen molar-refractivity contribution >= 4 is 11.6 Å². The lowest BCUT2D eigenvalue weighted by Crippen LogP contribution is -2.36. The number of rotatable bonds is 17. The lowest BCUT2D eigenvalue weighted by atomic mass is 9.98. The monoisotopic (exact) mass is 345 g/mol. The standard InChI is InChI=1S/C21H44ClN/c1-5-6-7-8-9-10-12-15-18-21(22,23-4)19-16-13-11-14-17-20(2)3/h20,23H,5-19H2,1-4H3. The Balaban J connectivity index is 3.56. The van der Waals surface area contributed by atoms with Crippen molar-refractivity contribution in [2.75, 3.05) is 7.05 Å². The van der Waals surface area contributed by atoms with E-state index in [4.69, 9.17) is 11.6 Å². The highest BCUT2D eigenvalue weighted by molar-refractivity contribution is 6.23. The first-order chi connectivity index (χ1) is 11.0. The molecule has 0 aromatic heterocycles. The molecule has 0 amide bonds. The molecule has 0 bridgehead atoms. The molecule has 0 spiro atoms. The van der Waals surface area contributed by atoms with E-state index < -0.39 is 0 Å². The molecule has 1 nitrogen and oxygen atoms in total.